The molecule has 160 valence electrons. The van der Waals surface area contributed by atoms with Gasteiger partial charge in [0.1, 0.15) is 11.6 Å². The summed E-state index contributed by atoms with van der Waals surface area (Å²) in [6, 6.07) is 2.85. The van der Waals surface area contributed by atoms with Crippen LogP contribution < -0.4 is 15.4 Å². The molecular weight excluding hydrogens is 540 g/mol. The number of aliphatic imine (C=N–C) groups is 1. The highest BCUT2D eigenvalue weighted by Gasteiger charge is 2.18. The summed E-state index contributed by atoms with van der Waals surface area (Å²) in [6.07, 6.45) is 2.00. The maximum atomic E-state index is 12.7. The summed E-state index contributed by atoms with van der Waals surface area (Å²) in [6.45, 7) is 0.949. The van der Waals surface area contributed by atoms with Gasteiger partial charge in [0.25, 0.3) is 0 Å². The summed E-state index contributed by atoms with van der Waals surface area (Å²) in [4.78, 5) is 4.42. The van der Waals surface area contributed by atoms with Crippen molar-refractivity contribution in [2.45, 2.75) is 46.0 Å². The molecular formula is C17H21Cl2F2IN6O. The number of nitrogens with one attached hydrogen (secondary N) is 2. The second-order valence-electron chi connectivity index (χ2n) is 6.09. The number of benzene rings is 1. The monoisotopic (exact) mass is 560 g/mol. The van der Waals surface area contributed by atoms with E-state index in [-0.39, 0.29) is 41.3 Å². The standard InChI is InChI=1S/C17H20Cl2F2N6O.HI/c1-2-22-17(24-9-14-26-25-13-4-3-5-27(13)14)23-8-10-6-11(18)7-12(19)15(10)28-16(20)21;/h6-7,16H,2-5,8-9H2,1H3,(H2,22,23,24);1H. The molecule has 0 unspecified atom stereocenters. The lowest BCUT2D eigenvalue weighted by molar-refractivity contribution is -0.0503. The van der Waals surface area contributed by atoms with Crippen LogP contribution in [0.3, 0.4) is 0 Å². The molecule has 0 saturated heterocycles. The van der Waals surface area contributed by atoms with Gasteiger partial charge in [0, 0.05) is 30.1 Å². The first-order valence-electron chi connectivity index (χ1n) is 8.83. The highest BCUT2D eigenvalue weighted by Crippen LogP contribution is 2.34. The van der Waals surface area contributed by atoms with E-state index in [1.165, 1.54) is 12.1 Å². The smallest absolute Gasteiger partial charge is 0.387 e. The van der Waals surface area contributed by atoms with Crippen LogP contribution in [0, 0.1) is 0 Å². The summed E-state index contributed by atoms with van der Waals surface area (Å²) < 4.78 is 32.0. The van der Waals surface area contributed by atoms with Crippen molar-refractivity contribution in [1.29, 1.82) is 0 Å². The minimum absolute atomic E-state index is 0. The van der Waals surface area contributed by atoms with Crippen LogP contribution in [-0.2, 0) is 26.1 Å². The molecule has 1 aliphatic heterocycles. The highest BCUT2D eigenvalue weighted by molar-refractivity contribution is 14.0. The zero-order valence-corrected chi connectivity index (χ0v) is 19.4. The third-order valence-electron chi connectivity index (χ3n) is 4.14. The van der Waals surface area contributed by atoms with E-state index in [0.717, 1.165) is 31.0 Å². The summed E-state index contributed by atoms with van der Waals surface area (Å²) in [5.41, 5.74) is 0.360. The molecule has 0 spiro atoms. The first-order valence-corrected chi connectivity index (χ1v) is 9.59. The topological polar surface area (TPSA) is 76.4 Å². The number of hydrogen-bond donors (Lipinski definition) is 2. The number of rotatable bonds is 7. The largest absolute Gasteiger partial charge is 0.433 e. The van der Waals surface area contributed by atoms with Crippen LogP contribution in [0.25, 0.3) is 0 Å². The number of hydrogen-bond acceptors (Lipinski definition) is 4. The van der Waals surface area contributed by atoms with Gasteiger partial charge in [0.2, 0.25) is 0 Å². The Morgan fingerprint density at radius 2 is 2.10 bits per heavy atom. The van der Waals surface area contributed by atoms with Crippen molar-refractivity contribution in [3.63, 3.8) is 0 Å². The number of ether oxygens (including phenoxy) is 1. The number of fused-ring (bicyclic) bond motifs is 1. The fraction of sp³-hybridized carbons (Fsp3) is 0.471. The zero-order valence-electron chi connectivity index (χ0n) is 15.6. The maximum Gasteiger partial charge on any atom is 0.387 e. The van der Waals surface area contributed by atoms with Crippen LogP contribution in [0.4, 0.5) is 8.78 Å². The van der Waals surface area contributed by atoms with Gasteiger partial charge < -0.3 is 19.9 Å². The quantitative estimate of drug-likeness (QED) is 0.304. The number of aryl methyl sites for hydroxylation is 1. The molecule has 0 atom stereocenters. The molecule has 0 fully saturated rings. The van der Waals surface area contributed by atoms with E-state index < -0.39 is 6.61 Å². The van der Waals surface area contributed by atoms with Gasteiger partial charge in [-0.3, -0.25) is 0 Å². The van der Waals surface area contributed by atoms with Crippen molar-refractivity contribution in [3.05, 3.63) is 39.4 Å². The molecule has 0 amide bonds. The van der Waals surface area contributed by atoms with Crippen LogP contribution in [0.1, 0.15) is 30.6 Å². The van der Waals surface area contributed by atoms with Crippen molar-refractivity contribution in [1.82, 2.24) is 25.4 Å². The van der Waals surface area contributed by atoms with Gasteiger partial charge in [-0.1, -0.05) is 23.2 Å². The molecule has 29 heavy (non-hydrogen) atoms. The van der Waals surface area contributed by atoms with Crippen LogP contribution in [0.15, 0.2) is 17.1 Å². The Labute approximate surface area is 194 Å². The lowest BCUT2D eigenvalue weighted by atomic mass is 10.2. The fourth-order valence-electron chi connectivity index (χ4n) is 2.96. The Kier molecular flexibility index (Phi) is 9.15. The molecule has 0 saturated carbocycles. The average Bonchev–Trinajstić information content (AvgIpc) is 3.24. The summed E-state index contributed by atoms with van der Waals surface area (Å²) in [5.74, 6) is 2.18. The van der Waals surface area contributed by atoms with Gasteiger partial charge in [-0.15, -0.1) is 34.2 Å². The van der Waals surface area contributed by atoms with E-state index >= 15 is 0 Å². The molecule has 7 nitrogen and oxygen atoms in total. The first-order chi connectivity index (χ1) is 13.5. The SMILES string of the molecule is CCNC(=NCc1cc(Cl)cc(Cl)c1OC(F)F)NCc1nnc2n1CCC2.I. The summed E-state index contributed by atoms with van der Waals surface area (Å²) >= 11 is 12.0. The maximum absolute atomic E-state index is 12.7. The van der Waals surface area contributed by atoms with Crippen molar-refractivity contribution >= 4 is 53.1 Å². The fourth-order valence-corrected chi connectivity index (χ4v) is 3.54. The second-order valence-corrected chi connectivity index (χ2v) is 6.93. The second kappa shape index (κ2) is 11.1. The molecule has 2 N–H and O–H groups in total. The summed E-state index contributed by atoms with van der Waals surface area (Å²) in [7, 11) is 0. The molecule has 3 rings (SSSR count). The molecule has 0 aliphatic carbocycles. The lowest BCUT2D eigenvalue weighted by Crippen LogP contribution is -2.37. The van der Waals surface area contributed by atoms with E-state index in [1.807, 2.05) is 6.92 Å². The minimum Gasteiger partial charge on any atom is -0.433 e. The van der Waals surface area contributed by atoms with Crippen molar-refractivity contribution in [2.24, 2.45) is 4.99 Å². The molecule has 12 heteroatoms. The van der Waals surface area contributed by atoms with E-state index in [1.54, 1.807) is 0 Å². The molecule has 1 aromatic heterocycles. The molecule has 1 aliphatic rings. The van der Waals surface area contributed by atoms with Crippen molar-refractivity contribution in [3.8, 4) is 5.75 Å². The van der Waals surface area contributed by atoms with Crippen LogP contribution >= 0.6 is 47.2 Å². The molecule has 0 radical (unpaired) electrons. The van der Waals surface area contributed by atoms with E-state index in [4.69, 9.17) is 23.2 Å². The first kappa shape index (κ1) is 23.9. The lowest BCUT2D eigenvalue weighted by Gasteiger charge is -2.14. The molecule has 2 heterocycles. The Morgan fingerprint density at radius 3 is 2.83 bits per heavy atom. The molecule has 2 aromatic rings. The Morgan fingerprint density at radius 1 is 1.31 bits per heavy atom. The normalized spacial score (nSPS) is 13.2. The Bertz CT molecular complexity index is 865. The Hall–Kier alpha value is -1.40. The average molecular weight is 561 g/mol. The van der Waals surface area contributed by atoms with Gasteiger partial charge in [-0.25, -0.2) is 4.99 Å². The van der Waals surface area contributed by atoms with Gasteiger partial charge in [0.15, 0.2) is 11.8 Å². The third kappa shape index (κ3) is 6.29. The van der Waals surface area contributed by atoms with Gasteiger partial charge >= 0.3 is 6.61 Å². The van der Waals surface area contributed by atoms with Crippen molar-refractivity contribution < 1.29 is 13.5 Å². The van der Waals surface area contributed by atoms with Crippen molar-refractivity contribution in [2.75, 3.05) is 6.54 Å². The van der Waals surface area contributed by atoms with Gasteiger partial charge in [-0.05, 0) is 25.5 Å². The third-order valence-corrected chi connectivity index (χ3v) is 4.64. The molecule has 1 aromatic carbocycles. The predicted octanol–water partition coefficient (Wildman–Crippen LogP) is 4.01. The van der Waals surface area contributed by atoms with Crippen LogP contribution in [0.2, 0.25) is 10.0 Å². The summed E-state index contributed by atoms with van der Waals surface area (Å²) in [5, 5.41) is 15.0. The van der Waals surface area contributed by atoms with E-state index in [0.29, 0.717) is 29.6 Å². The van der Waals surface area contributed by atoms with E-state index in [9.17, 15) is 8.78 Å². The van der Waals surface area contributed by atoms with E-state index in [2.05, 4.69) is 35.1 Å². The number of aromatic nitrogens is 3. The van der Waals surface area contributed by atoms with Crippen LogP contribution in [0.5, 0.6) is 5.75 Å². The van der Waals surface area contributed by atoms with Crippen LogP contribution in [-0.4, -0.2) is 33.9 Å². The number of halogens is 5. The minimum atomic E-state index is -3.00. The predicted molar refractivity (Wildman–Crippen MR) is 119 cm³/mol. The number of alkyl halides is 2. The number of nitrogens with zero attached hydrogens (tertiary/aromatic N) is 4. The molecule has 0 bridgehead atoms. The highest BCUT2D eigenvalue weighted by atomic mass is 127. The van der Waals surface area contributed by atoms with Gasteiger partial charge in [0.05, 0.1) is 18.1 Å². The zero-order chi connectivity index (χ0) is 20.1. The number of guanidine groups is 1. The Balaban J connectivity index is 0.00000300. The van der Waals surface area contributed by atoms with Gasteiger partial charge in [-0.2, -0.15) is 8.78 Å².